The van der Waals surface area contributed by atoms with Gasteiger partial charge in [-0.15, -0.1) is 12.4 Å². The molecule has 24 heavy (non-hydrogen) atoms. The summed E-state index contributed by atoms with van der Waals surface area (Å²) in [6, 6.07) is 8.28. The summed E-state index contributed by atoms with van der Waals surface area (Å²) in [6.45, 7) is 6.95. The normalized spacial score (nSPS) is 21.1. The number of carbonyl (C=O) groups excluding carboxylic acids is 1. The number of hydrogen-bond acceptors (Lipinski definition) is 2. The highest BCUT2D eigenvalue weighted by Crippen LogP contribution is 2.36. The highest BCUT2D eigenvalue weighted by atomic mass is 35.5. The first-order valence-corrected chi connectivity index (χ1v) is 8.77. The van der Waals surface area contributed by atoms with Gasteiger partial charge in [0.2, 0.25) is 5.91 Å². The minimum Gasteiger partial charge on any atom is -0.342 e. The van der Waals surface area contributed by atoms with Crippen LogP contribution < -0.4 is 5.73 Å². The first-order chi connectivity index (χ1) is 11.0. The molecule has 0 radical (unpaired) electrons. The summed E-state index contributed by atoms with van der Waals surface area (Å²) in [5.41, 5.74) is 8.46. The molecule has 1 amide bonds. The molecule has 2 N–H and O–H groups in total. The number of halogens is 1. The Morgan fingerprint density at radius 3 is 2.58 bits per heavy atom. The van der Waals surface area contributed by atoms with Crippen molar-refractivity contribution in [3.63, 3.8) is 0 Å². The van der Waals surface area contributed by atoms with E-state index >= 15 is 0 Å². The fourth-order valence-electron chi connectivity index (χ4n) is 3.94. The summed E-state index contributed by atoms with van der Waals surface area (Å²) in [6.07, 6.45) is 7.23. The van der Waals surface area contributed by atoms with Gasteiger partial charge in [-0.05, 0) is 48.3 Å². The van der Waals surface area contributed by atoms with Crippen LogP contribution in [0.4, 0.5) is 0 Å². The minimum atomic E-state index is -0.00438. The average molecular weight is 349 g/mol. The molecule has 1 aliphatic carbocycles. The van der Waals surface area contributed by atoms with Crippen LogP contribution in [-0.2, 0) is 4.79 Å². The van der Waals surface area contributed by atoms with Crippen molar-refractivity contribution in [3.8, 4) is 0 Å². The Morgan fingerprint density at radius 1 is 1.25 bits per heavy atom. The van der Waals surface area contributed by atoms with Gasteiger partial charge in [0, 0.05) is 13.1 Å². The van der Waals surface area contributed by atoms with Gasteiger partial charge in [-0.1, -0.05) is 50.3 Å². The van der Waals surface area contributed by atoms with Crippen molar-refractivity contribution in [3.05, 3.63) is 41.5 Å². The van der Waals surface area contributed by atoms with Gasteiger partial charge in [-0.2, -0.15) is 0 Å². The van der Waals surface area contributed by atoms with Crippen LogP contribution >= 0.6 is 12.4 Å². The first kappa shape index (κ1) is 19.0. The van der Waals surface area contributed by atoms with Crippen LogP contribution in [0.25, 0.3) is 6.08 Å². The van der Waals surface area contributed by atoms with Gasteiger partial charge >= 0.3 is 0 Å². The molecule has 2 aliphatic rings. The van der Waals surface area contributed by atoms with E-state index in [9.17, 15) is 4.79 Å². The second kappa shape index (κ2) is 7.71. The van der Waals surface area contributed by atoms with Gasteiger partial charge in [0.1, 0.15) is 0 Å². The van der Waals surface area contributed by atoms with Crippen molar-refractivity contribution in [1.82, 2.24) is 4.90 Å². The van der Waals surface area contributed by atoms with E-state index in [1.165, 1.54) is 11.1 Å². The van der Waals surface area contributed by atoms with E-state index in [4.69, 9.17) is 5.73 Å². The molecule has 0 bridgehead atoms. The fraction of sp³-hybridized carbons (Fsp3) is 0.550. The molecule has 0 saturated carbocycles. The molecule has 3 nitrogen and oxygen atoms in total. The lowest BCUT2D eigenvalue weighted by Crippen LogP contribution is -2.45. The summed E-state index contributed by atoms with van der Waals surface area (Å²) in [7, 11) is 0. The molecular formula is C20H29ClN2O. The molecule has 1 atom stereocenters. The van der Waals surface area contributed by atoms with Crippen molar-refractivity contribution in [2.75, 3.05) is 19.6 Å². The van der Waals surface area contributed by atoms with Crippen LogP contribution in [0.3, 0.4) is 0 Å². The highest BCUT2D eigenvalue weighted by Gasteiger charge is 2.35. The summed E-state index contributed by atoms with van der Waals surface area (Å²) in [4.78, 5) is 15.1. The third-order valence-electron chi connectivity index (χ3n) is 5.78. The zero-order valence-electron chi connectivity index (χ0n) is 14.7. The van der Waals surface area contributed by atoms with Gasteiger partial charge < -0.3 is 10.6 Å². The quantitative estimate of drug-likeness (QED) is 0.902. The lowest BCUT2D eigenvalue weighted by Gasteiger charge is -2.41. The van der Waals surface area contributed by atoms with E-state index in [0.29, 0.717) is 18.4 Å². The van der Waals surface area contributed by atoms with Crippen LogP contribution in [0.15, 0.2) is 30.3 Å². The number of benzene rings is 1. The van der Waals surface area contributed by atoms with Crippen molar-refractivity contribution in [2.45, 2.75) is 39.0 Å². The second-order valence-electron chi connectivity index (χ2n) is 7.61. The van der Waals surface area contributed by atoms with Crippen molar-refractivity contribution in [2.24, 2.45) is 17.1 Å². The molecule has 3 rings (SSSR count). The van der Waals surface area contributed by atoms with Crippen molar-refractivity contribution >= 4 is 24.4 Å². The van der Waals surface area contributed by atoms with Gasteiger partial charge in [0.15, 0.2) is 0 Å². The average Bonchev–Trinajstić information content (AvgIpc) is 2.60. The maximum Gasteiger partial charge on any atom is 0.230 e. The maximum atomic E-state index is 13.0. The fourth-order valence-corrected chi connectivity index (χ4v) is 3.94. The number of fused-ring (bicyclic) bond motifs is 1. The summed E-state index contributed by atoms with van der Waals surface area (Å²) >= 11 is 0. The number of rotatable bonds is 3. The van der Waals surface area contributed by atoms with Crippen molar-refractivity contribution in [1.29, 1.82) is 0 Å². The number of likely N-dealkylation sites (tertiary alicyclic amines) is 1. The predicted octanol–water partition coefficient (Wildman–Crippen LogP) is 3.83. The number of amides is 1. The van der Waals surface area contributed by atoms with E-state index in [1.54, 1.807) is 0 Å². The molecule has 0 aromatic heterocycles. The number of carbonyl (C=O) groups is 1. The molecular weight excluding hydrogens is 320 g/mol. The lowest BCUT2D eigenvalue weighted by atomic mass is 9.73. The summed E-state index contributed by atoms with van der Waals surface area (Å²) in [5.74, 6) is 0.913. The Morgan fingerprint density at radius 2 is 1.92 bits per heavy atom. The summed E-state index contributed by atoms with van der Waals surface area (Å²) in [5, 5.41) is 0. The van der Waals surface area contributed by atoms with Gasteiger partial charge in [-0.3, -0.25) is 4.79 Å². The Hall–Kier alpha value is -1.32. The Bertz CT molecular complexity index is 603. The number of nitrogens with zero attached hydrogens (tertiary/aromatic N) is 1. The predicted molar refractivity (Wildman–Crippen MR) is 102 cm³/mol. The van der Waals surface area contributed by atoms with Gasteiger partial charge in [-0.25, -0.2) is 0 Å². The second-order valence-corrected chi connectivity index (χ2v) is 7.61. The molecule has 132 valence electrons. The number of piperidine rings is 1. The zero-order valence-corrected chi connectivity index (χ0v) is 15.5. The first-order valence-electron chi connectivity index (χ1n) is 8.77. The Balaban J connectivity index is 0.00000208. The molecule has 0 spiro atoms. The van der Waals surface area contributed by atoms with Crippen LogP contribution in [-0.4, -0.2) is 30.4 Å². The third kappa shape index (κ3) is 3.68. The molecule has 1 unspecified atom stereocenters. The summed E-state index contributed by atoms with van der Waals surface area (Å²) < 4.78 is 0. The monoisotopic (exact) mass is 348 g/mol. The van der Waals surface area contributed by atoms with Crippen LogP contribution in [0.2, 0.25) is 0 Å². The smallest absolute Gasteiger partial charge is 0.230 e. The molecule has 1 aromatic carbocycles. The maximum absolute atomic E-state index is 13.0. The Labute approximate surface area is 151 Å². The van der Waals surface area contributed by atoms with E-state index in [1.807, 2.05) is 12.1 Å². The molecule has 1 aliphatic heterocycles. The van der Waals surface area contributed by atoms with Crippen molar-refractivity contribution < 1.29 is 4.79 Å². The molecule has 4 heteroatoms. The highest BCUT2D eigenvalue weighted by molar-refractivity contribution is 5.86. The molecule has 1 fully saturated rings. The van der Waals surface area contributed by atoms with Crippen LogP contribution in [0.5, 0.6) is 0 Å². The number of allylic oxidation sites excluding steroid dienone is 1. The van der Waals surface area contributed by atoms with Crippen LogP contribution in [0.1, 0.15) is 50.2 Å². The third-order valence-corrected chi connectivity index (χ3v) is 5.78. The van der Waals surface area contributed by atoms with E-state index in [2.05, 4.69) is 43.0 Å². The molecule has 1 heterocycles. The number of nitrogens with two attached hydrogens (primary N) is 1. The largest absolute Gasteiger partial charge is 0.342 e. The standard InChI is InChI=1S/C20H28N2O.ClH/c1-20(2,14-21)16-10-12-22(13-11-16)19(23)18-9-5-7-15-6-3-4-8-17(15)18;/h3-8,16,18H,9-14,21H2,1-2H3;1H. The molecule has 1 aromatic rings. The zero-order chi connectivity index (χ0) is 16.4. The van der Waals surface area contributed by atoms with E-state index < -0.39 is 0 Å². The minimum absolute atomic E-state index is 0. The van der Waals surface area contributed by atoms with Crippen LogP contribution in [0, 0.1) is 11.3 Å². The molecule has 1 saturated heterocycles. The lowest BCUT2D eigenvalue weighted by molar-refractivity contribution is -0.134. The Kier molecular flexibility index (Phi) is 6.11. The van der Waals surface area contributed by atoms with E-state index in [0.717, 1.165) is 32.4 Å². The SMILES string of the molecule is CC(C)(CN)C1CCN(C(=O)C2CC=Cc3ccccc32)CC1.Cl. The van der Waals surface area contributed by atoms with Gasteiger partial charge in [0.25, 0.3) is 0 Å². The van der Waals surface area contributed by atoms with Gasteiger partial charge in [0.05, 0.1) is 5.92 Å². The topological polar surface area (TPSA) is 46.3 Å². The number of hydrogen-bond donors (Lipinski definition) is 1. The van der Waals surface area contributed by atoms with E-state index in [-0.39, 0.29) is 23.7 Å².